The Kier molecular flexibility index (Phi) is 6.56. The summed E-state index contributed by atoms with van der Waals surface area (Å²) in [5.41, 5.74) is 4.20. The van der Waals surface area contributed by atoms with Crippen molar-refractivity contribution in [1.82, 2.24) is 29.2 Å². The summed E-state index contributed by atoms with van der Waals surface area (Å²) in [4.78, 5) is 32.3. The lowest BCUT2D eigenvalue weighted by Gasteiger charge is -2.37. The highest BCUT2D eigenvalue weighted by molar-refractivity contribution is 5.77. The van der Waals surface area contributed by atoms with Gasteiger partial charge in [-0.15, -0.1) is 6.58 Å². The number of fused-ring (bicyclic) bond motifs is 2. The Hall–Kier alpha value is -4.02. The lowest BCUT2D eigenvalue weighted by atomic mass is 9.82. The molecule has 7 rings (SSSR count). The van der Waals surface area contributed by atoms with Gasteiger partial charge in [0.1, 0.15) is 11.5 Å². The van der Waals surface area contributed by atoms with Crippen LogP contribution in [0.5, 0.6) is 0 Å². The van der Waals surface area contributed by atoms with E-state index in [1.54, 1.807) is 10.8 Å². The summed E-state index contributed by atoms with van der Waals surface area (Å²) < 4.78 is 12.0. The van der Waals surface area contributed by atoms with Crippen LogP contribution in [0.3, 0.4) is 0 Å². The van der Waals surface area contributed by atoms with E-state index < -0.39 is 11.5 Å². The molecular weight excluding hydrogens is 540 g/mol. The van der Waals surface area contributed by atoms with Crippen LogP contribution in [-0.4, -0.2) is 67.5 Å². The predicted molar refractivity (Wildman–Crippen MR) is 169 cm³/mol. The minimum absolute atomic E-state index is 0.234. The Bertz CT molecular complexity index is 1810. The number of benzene rings is 1. The van der Waals surface area contributed by atoms with Crippen LogP contribution in [0, 0.1) is 12.3 Å². The van der Waals surface area contributed by atoms with E-state index in [1.807, 2.05) is 18.2 Å². The number of nitrogens with one attached hydrogen (secondary N) is 1. The fraction of sp³-hybridized carbons (Fsp3) is 0.455. The van der Waals surface area contributed by atoms with E-state index in [2.05, 4.69) is 59.8 Å². The Morgan fingerprint density at radius 2 is 1.98 bits per heavy atom. The molecule has 2 aliphatic carbocycles. The summed E-state index contributed by atoms with van der Waals surface area (Å²) >= 11 is 0. The third-order valence-electron chi connectivity index (χ3n) is 9.60. The molecule has 4 aromatic rings. The molecule has 43 heavy (non-hydrogen) atoms. The maximum atomic E-state index is 13.5. The van der Waals surface area contributed by atoms with Gasteiger partial charge in [0.25, 0.3) is 5.56 Å². The van der Waals surface area contributed by atoms with Crippen molar-refractivity contribution in [3.8, 4) is 5.82 Å². The lowest BCUT2D eigenvalue weighted by molar-refractivity contribution is 0.0734. The van der Waals surface area contributed by atoms with E-state index in [4.69, 9.17) is 11.3 Å². The van der Waals surface area contributed by atoms with Gasteiger partial charge in [-0.05, 0) is 94.9 Å². The van der Waals surface area contributed by atoms with Crippen molar-refractivity contribution in [1.29, 1.82) is 0 Å². The van der Waals surface area contributed by atoms with Gasteiger partial charge in [0, 0.05) is 42.1 Å². The Morgan fingerprint density at radius 3 is 2.67 bits per heavy atom. The summed E-state index contributed by atoms with van der Waals surface area (Å²) in [6.07, 6.45) is 6.92. The highest BCUT2D eigenvalue weighted by Crippen LogP contribution is 2.60. The summed E-state index contributed by atoms with van der Waals surface area (Å²) in [5.74, 6) is 0.775. The van der Waals surface area contributed by atoms with Gasteiger partial charge in [-0.1, -0.05) is 12.1 Å². The molecule has 1 saturated carbocycles. The van der Waals surface area contributed by atoms with Crippen LogP contribution < -0.4 is 15.8 Å². The average molecular weight is 582 g/mol. The van der Waals surface area contributed by atoms with Crippen LogP contribution in [0.1, 0.15) is 56.4 Å². The molecular formula is C33H40N8O2. The monoisotopic (exact) mass is 581 g/mol. The van der Waals surface area contributed by atoms with Crippen LogP contribution in [-0.2, 0) is 13.0 Å². The predicted octanol–water partition coefficient (Wildman–Crippen LogP) is 4.51. The van der Waals surface area contributed by atoms with Crippen molar-refractivity contribution in [2.75, 3.05) is 37.4 Å². The molecule has 1 spiro atoms. The van der Waals surface area contributed by atoms with E-state index in [1.165, 1.54) is 22.1 Å². The van der Waals surface area contributed by atoms with Crippen molar-refractivity contribution in [3.05, 3.63) is 76.4 Å². The van der Waals surface area contributed by atoms with Gasteiger partial charge in [0.2, 0.25) is 5.95 Å². The second-order valence-electron chi connectivity index (χ2n) is 12.5. The SMILES string of the molecule is [2H][C@@]1(O)c2nc(-n3c4nc(Nc5ccc(N6CCC(N(C)C)CC6)c(C)c5)ncc4c(=O)n3CC=C)ccc2CCC12CC2. The number of aryl methyl sites for hydroxylation is 2. The van der Waals surface area contributed by atoms with Gasteiger partial charge >= 0.3 is 0 Å². The van der Waals surface area contributed by atoms with Crippen molar-refractivity contribution in [2.24, 2.45) is 5.41 Å². The molecule has 1 aliphatic heterocycles. The highest BCUT2D eigenvalue weighted by Gasteiger charge is 2.52. The third-order valence-corrected chi connectivity index (χ3v) is 9.60. The zero-order valence-corrected chi connectivity index (χ0v) is 25.2. The Balaban J connectivity index is 1.22. The molecule has 2 fully saturated rings. The first kappa shape index (κ1) is 26.6. The van der Waals surface area contributed by atoms with Gasteiger partial charge in [-0.25, -0.2) is 19.3 Å². The number of rotatable bonds is 7. The van der Waals surface area contributed by atoms with Gasteiger partial charge in [-0.3, -0.25) is 4.79 Å². The molecule has 3 aliphatic rings. The topological polar surface area (TPSA) is 104 Å². The number of aliphatic hydroxyl groups is 1. The van der Waals surface area contributed by atoms with Crippen LogP contribution in [0.2, 0.25) is 0 Å². The van der Waals surface area contributed by atoms with Gasteiger partial charge in [0.15, 0.2) is 11.5 Å². The number of hydrogen-bond acceptors (Lipinski definition) is 8. The number of nitrogens with zero attached hydrogens (tertiary/aromatic N) is 7. The van der Waals surface area contributed by atoms with Gasteiger partial charge in [0.05, 0.1) is 13.6 Å². The molecule has 10 heteroatoms. The second-order valence-corrected chi connectivity index (χ2v) is 12.5. The standard InChI is InChI=1S/C33H40N8O2/c1-5-16-40-31(43)25-20-34-32(35-23-7-8-26(21(2)19-23)39-17-11-24(12-18-39)38(3)4)37-30(25)41(40)27-9-6-22-10-13-33(14-15-33)29(42)28(22)36-27/h5-9,19-20,24,29,42H,1,10-18H2,2-4H3,(H,34,35,37)/t29-/m1/s1/i29D. The number of piperidine rings is 1. The number of pyridine rings is 1. The summed E-state index contributed by atoms with van der Waals surface area (Å²) in [6, 6.07) is 10.7. The molecule has 0 amide bonds. The molecule has 1 aromatic carbocycles. The largest absolute Gasteiger partial charge is 0.386 e. The number of aromatic nitrogens is 5. The zero-order chi connectivity index (χ0) is 30.8. The normalized spacial score (nSPS) is 21.7. The van der Waals surface area contributed by atoms with E-state index in [0.717, 1.165) is 62.9 Å². The summed E-state index contributed by atoms with van der Waals surface area (Å²) in [7, 11) is 4.31. The minimum Gasteiger partial charge on any atom is -0.386 e. The summed E-state index contributed by atoms with van der Waals surface area (Å²) in [5, 5.41) is 15.0. The van der Waals surface area contributed by atoms with Crippen LogP contribution in [0.15, 0.2) is 54.0 Å². The molecule has 0 radical (unpaired) electrons. The molecule has 224 valence electrons. The molecule has 0 unspecified atom stereocenters. The maximum absolute atomic E-state index is 13.5. The third kappa shape index (κ3) is 4.82. The average Bonchev–Trinajstić information content (AvgIpc) is 3.76. The first-order valence-corrected chi connectivity index (χ1v) is 15.2. The van der Waals surface area contributed by atoms with E-state index in [0.29, 0.717) is 34.5 Å². The van der Waals surface area contributed by atoms with E-state index >= 15 is 0 Å². The highest BCUT2D eigenvalue weighted by atomic mass is 16.3. The van der Waals surface area contributed by atoms with Crippen LogP contribution in [0.4, 0.5) is 17.3 Å². The quantitative estimate of drug-likeness (QED) is 0.308. The van der Waals surface area contributed by atoms with Crippen molar-refractivity contribution >= 4 is 28.4 Å². The van der Waals surface area contributed by atoms with Gasteiger partial charge in [-0.2, -0.15) is 4.98 Å². The maximum Gasteiger partial charge on any atom is 0.278 e. The molecule has 1 atom stereocenters. The molecule has 1 saturated heterocycles. The molecule has 4 heterocycles. The Morgan fingerprint density at radius 1 is 1.19 bits per heavy atom. The number of allylic oxidation sites excluding steroid dienone is 1. The lowest BCUT2D eigenvalue weighted by Crippen LogP contribution is -2.42. The van der Waals surface area contributed by atoms with Crippen LogP contribution in [0.25, 0.3) is 16.9 Å². The smallest absolute Gasteiger partial charge is 0.278 e. The first-order chi connectivity index (χ1) is 21.1. The molecule has 10 nitrogen and oxygen atoms in total. The van der Waals surface area contributed by atoms with Crippen molar-refractivity contribution in [2.45, 2.75) is 64.1 Å². The summed E-state index contributed by atoms with van der Waals surface area (Å²) in [6.45, 7) is 8.26. The van der Waals surface area contributed by atoms with E-state index in [9.17, 15) is 9.90 Å². The van der Waals surface area contributed by atoms with Crippen LogP contribution >= 0.6 is 0 Å². The van der Waals surface area contributed by atoms with Crippen molar-refractivity contribution < 1.29 is 6.48 Å². The van der Waals surface area contributed by atoms with Gasteiger partial charge < -0.3 is 20.2 Å². The number of anilines is 3. The Labute approximate surface area is 253 Å². The van der Waals surface area contributed by atoms with E-state index in [-0.39, 0.29) is 12.1 Å². The first-order valence-electron chi connectivity index (χ1n) is 15.7. The fourth-order valence-electron chi connectivity index (χ4n) is 6.83. The molecule has 2 N–H and O–H groups in total. The fourth-order valence-corrected chi connectivity index (χ4v) is 6.83. The molecule has 0 bridgehead atoms. The van der Waals surface area contributed by atoms with Crippen molar-refractivity contribution in [3.63, 3.8) is 0 Å². The molecule has 3 aromatic heterocycles. The second kappa shape index (κ2) is 10.6. The minimum atomic E-state index is -1.77. The number of hydrogen-bond donors (Lipinski definition) is 2. The zero-order valence-electron chi connectivity index (χ0n) is 26.2.